The fourth-order valence-corrected chi connectivity index (χ4v) is 1.16. The Bertz CT molecular complexity index is 183. The largest absolute Gasteiger partial charge is 1.00 e. The topological polar surface area (TPSA) is 69.2 Å². The smallest absolute Gasteiger partial charge is 0.549 e. The zero-order chi connectivity index (χ0) is 8.27. The predicted molar refractivity (Wildman–Crippen MR) is 35.4 cm³/mol. The van der Waals surface area contributed by atoms with E-state index in [4.69, 9.17) is 0 Å². The van der Waals surface area contributed by atoms with Crippen LogP contribution in [0.3, 0.4) is 0 Å². The van der Waals surface area contributed by atoms with Crippen LogP contribution in [-0.4, -0.2) is 18.4 Å². The summed E-state index contributed by atoms with van der Waals surface area (Å²) in [5.41, 5.74) is 0. The molecule has 12 heavy (non-hydrogen) atoms. The number of hydrogen-bond acceptors (Lipinski definition) is 3. The Labute approximate surface area is 93.0 Å². The molecule has 0 aromatic carbocycles. The molecule has 0 aromatic heterocycles. The van der Waals surface area contributed by atoms with Crippen molar-refractivity contribution in [2.24, 2.45) is 5.92 Å². The van der Waals surface area contributed by atoms with E-state index in [0.717, 1.165) is 12.8 Å². The predicted octanol–water partition coefficient (Wildman–Crippen LogP) is -4.34. The zero-order valence-electron chi connectivity index (χ0n) is 7.13. The molecule has 1 N–H and O–H groups in total. The van der Waals surface area contributed by atoms with Crippen LogP contribution in [0.2, 0.25) is 0 Å². The molecule has 1 aliphatic rings. The SMILES string of the molecule is O=C([O-])C1CCCCNC1=O.[Na+]. The Morgan fingerprint density at radius 3 is 2.75 bits per heavy atom. The van der Waals surface area contributed by atoms with Gasteiger partial charge < -0.3 is 15.2 Å². The third-order valence-electron chi connectivity index (χ3n) is 1.82. The fourth-order valence-electron chi connectivity index (χ4n) is 1.16. The van der Waals surface area contributed by atoms with E-state index < -0.39 is 17.8 Å². The minimum Gasteiger partial charge on any atom is -0.549 e. The van der Waals surface area contributed by atoms with Crippen LogP contribution in [0.25, 0.3) is 0 Å². The molecule has 1 amide bonds. The molecule has 5 heteroatoms. The summed E-state index contributed by atoms with van der Waals surface area (Å²) in [7, 11) is 0. The van der Waals surface area contributed by atoms with Gasteiger partial charge in [-0.05, 0) is 12.8 Å². The van der Waals surface area contributed by atoms with Gasteiger partial charge >= 0.3 is 29.6 Å². The van der Waals surface area contributed by atoms with E-state index in [9.17, 15) is 14.7 Å². The van der Waals surface area contributed by atoms with Crippen molar-refractivity contribution >= 4 is 11.9 Å². The third kappa shape index (κ3) is 3.13. The van der Waals surface area contributed by atoms with E-state index in [1.807, 2.05) is 0 Å². The van der Waals surface area contributed by atoms with Crippen LogP contribution >= 0.6 is 0 Å². The molecule has 1 heterocycles. The van der Waals surface area contributed by atoms with Gasteiger partial charge in [-0.15, -0.1) is 0 Å². The Kier molecular flexibility index (Phi) is 5.53. The maximum absolute atomic E-state index is 10.9. The average Bonchev–Trinajstić information content (AvgIpc) is 2.13. The number of rotatable bonds is 1. The number of amides is 1. The maximum atomic E-state index is 10.9. The molecule has 0 spiro atoms. The Hall–Kier alpha value is -0.0600. The molecule has 0 saturated carbocycles. The van der Waals surface area contributed by atoms with Crippen molar-refractivity contribution in [3.8, 4) is 0 Å². The summed E-state index contributed by atoms with van der Waals surface area (Å²) >= 11 is 0. The van der Waals surface area contributed by atoms with Crippen molar-refractivity contribution in [2.45, 2.75) is 19.3 Å². The van der Waals surface area contributed by atoms with Crippen molar-refractivity contribution in [1.82, 2.24) is 5.32 Å². The fraction of sp³-hybridized carbons (Fsp3) is 0.714. The van der Waals surface area contributed by atoms with Gasteiger partial charge in [0, 0.05) is 6.54 Å². The van der Waals surface area contributed by atoms with Gasteiger partial charge in [0.1, 0.15) is 0 Å². The molecular formula is C7H10NNaO3. The molecule has 1 atom stereocenters. The van der Waals surface area contributed by atoms with Crippen molar-refractivity contribution in [3.63, 3.8) is 0 Å². The van der Waals surface area contributed by atoms with Crippen molar-refractivity contribution in [1.29, 1.82) is 0 Å². The average molecular weight is 179 g/mol. The molecular weight excluding hydrogens is 169 g/mol. The van der Waals surface area contributed by atoms with Crippen LogP contribution in [0.5, 0.6) is 0 Å². The minimum atomic E-state index is -1.26. The van der Waals surface area contributed by atoms with E-state index in [-0.39, 0.29) is 29.6 Å². The summed E-state index contributed by atoms with van der Waals surface area (Å²) in [6.07, 6.45) is 2.04. The number of nitrogens with one attached hydrogen (secondary N) is 1. The van der Waals surface area contributed by atoms with Gasteiger partial charge in [-0.2, -0.15) is 0 Å². The molecule has 0 aromatic rings. The van der Waals surface area contributed by atoms with E-state index in [1.165, 1.54) is 0 Å². The molecule has 1 unspecified atom stereocenters. The second-order valence-electron chi connectivity index (χ2n) is 2.66. The van der Waals surface area contributed by atoms with Crippen molar-refractivity contribution in [2.75, 3.05) is 6.54 Å². The molecule has 1 fully saturated rings. The van der Waals surface area contributed by atoms with Crippen LogP contribution in [0.15, 0.2) is 0 Å². The van der Waals surface area contributed by atoms with Crippen LogP contribution in [-0.2, 0) is 9.59 Å². The van der Waals surface area contributed by atoms with Crippen molar-refractivity contribution in [3.05, 3.63) is 0 Å². The van der Waals surface area contributed by atoms with E-state index in [1.54, 1.807) is 0 Å². The second-order valence-corrected chi connectivity index (χ2v) is 2.66. The molecule has 4 nitrogen and oxygen atoms in total. The number of carbonyl (C=O) groups is 2. The van der Waals surface area contributed by atoms with E-state index in [2.05, 4.69) is 5.32 Å². The van der Waals surface area contributed by atoms with E-state index >= 15 is 0 Å². The first-order chi connectivity index (χ1) is 5.22. The van der Waals surface area contributed by atoms with Crippen LogP contribution < -0.4 is 40.0 Å². The number of carbonyl (C=O) groups excluding carboxylic acids is 2. The monoisotopic (exact) mass is 179 g/mol. The zero-order valence-corrected chi connectivity index (χ0v) is 9.13. The number of hydrogen-bond donors (Lipinski definition) is 1. The molecule has 1 rings (SSSR count). The van der Waals surface area contributed by atoms with Gasteiger partial charge in [0.15, 0.2) is 0 Å². The molecule has 62 valence electrons. The van der Waals surface area contributed by atoms with Gasteiger partial charge in [0.05, 0.1) is 11.9 Å². The number of carboxylic acids is 1. The normalized spacial score (nSPS) is 23.3. The van der Waals surface area contributed by atoms with Crippen LogP contribution in [0.4, 0.5) is 0 Å². The van der Waals surface area contributed by atoms with Gasteiger partial charge in [-0.1, -0.05) is 6.42 Å². The minimum absolute atomic E-state index is 0. The Balaban J connectivity index is 0.00000121. The van der Waals surface area contributed by atoms with Gasteiger partial charge in [-0.25, -0.2) is 0 Å². The van der Waals surface area contributed by atoms with Gasteiger partial charge in [-0.3, -0.25) is 4.79 Å². The molecule has 1 aliphatic heterocycles. The Morgan fingerprint density at radius 2 is 2.17 bits per heavy atom. The van der Waals surface area contributed by atoms with Crippen LogP contribution in [0.1, 0.15) is 19.3 Å². The maximum Gasteiger partial charge on any atom is 1.00 e. The number of aliphatic carboxylic acids is 1. The van der Waals surface area contributed by atoms with Gasteiger partial charge in [0.25, 0.3) is 0 Å². The molecule has 1 saturated heterocycles. The molecule has 0 radical (unpaired) electrons. The summed E-state index contributed by atoms with van der Waals surface area (Å²) in [6.45, 7) is 0.586. The van der Waals surface area contributed by atoms with Crippen LogP contribution in [0, 0.1) is 5.92 Å². The molecule has 0 aliphatic carbocycles. The quantitative estimate of drug-likeness (QED) is 0.327. The summed E-state index contributed by atoms with van der Waals surface area (Å²) in [6, 6.07) is 0. The first-order valence-corrected chi connectivity index (χ1v) is 3.70. The molecule has 0 bridgehead atoms. The van der Waals surface area contributed by atoms with Gasteiger partial charge in [0.2, 0.25) is 5.91 Å². The third-order valence-corrected chi connectivity index (χ3v) is 1.82. The van der Waals surface area contributed by atoms with Crippen molar-refractivity contribution < 1.29 is 44.3 Å². The summed E-state index contributed by atoms with van der Waals surface area (Å²) < 4.78 is 0. The number of carboxylic acid groups (broad SMARTS) is 1. The van der Waals surface area contributed by atoms with E-state index in [0.29, 0.717) is 13.0 Å². The standard InChI is InChI=1S/C7H11NO3.Na/c9-6-5(7(10)11)3-1-2-4-8-6;/h5H,1-4H2,(H,8,9)(H,10,11);/q;+1/p-1. The summed E-state index contributed by atoms with van der Waals surface area (Å²) in [5.74, 6) is -2.59. The second kappa shape index (κ2) is 5.56. The first kappa shape index (κ1) is 11.9. The first-order valence-electron chi connectivity index (χ1n) is 3.70. The summed E-state index contributed by atoms with van der Waals surface area (Å²) in [4.78, 5) is 21.3. The Morgan fingerprint density at radius 1 is 1.50 bits per heavy atom. The summed E-state index contributed by atoms with van der Waals surface area (Å²) in [5, 5.41) is 12.9.